The Morgan fingerprint density at radius 3 is 2.29 bits per heavy atom. The Morgan fingerprint density at radius 1 is 1.00 bits per heavy atom. The van der Waals surface area contributed by atoms with Crippen molar-refractivity contribution in [2.45, 2.75) is 36.6 Å². The van der Waals surface area contributed by atoms with Gasteiger partial charge in [-0.3, -0.25) is 14.4 Å². The smallest absolute Gasteiger partial charge is 0.261 e. The third-order valence-electron chi connectivity index (χ3n) is 6.02. The van der Waals surface area contributed by atoms with Crippen molar-refractivity contribution in [3.63, 3.8) is 0 Å². The Labute approximate surface area is 187 Å². The van der Waals surface area contributed by atoms with Crippen molar-refractivity contribution in [3.05, 3.63) is 58.9 Å². The van der Waals surface area contributed by atoms with Gasteiger partial charge in [0.1, 0.15) is 5.82 Å². The van der Waals surface area contributed by atoms with Crippen LogP contribution in [0.2, 0.25) is 5.02 Å². The third-order valence-corrected chi connectivity index (χ3v) is 7.74. The lowest BCUT2D eigenvalue weighted by atomic mass is 10.1. The van der Waals surface area contributed by atoms with Gasteiger partial charge in [-0.25, -0.2) is 12.8 Å². The summed E-state index contributed by atoms with van der Waals surface area (Å²) in [5.74, 6) is -0.678. The number of hydrogen-bond donors (Lipinski definition) is 1. The van der Waals surface area contributed by atoms with Gasteiger partial charge in [0, 0.05) is 37.8 Å². The summed E-state index contributed by atoms with van der Waals surface area (Å²) in [6.07, 6.45) is 5.04. The van der Waals surface area contributed by atoms with Crippen molar-refractivity contribution in [1.29, 1.82) is 0 Å². The zero-order valence-electron chi connectivity index (χ0n) is 17.1. The highest BCUT2D eigenvalue weighted by molar-refractivity contribution is 7.92. The largest absolute Gasteiger partial charge is 0.336 e. The summed E-state index contributed by atoms with van der Waals surface area (Å²) in [5.41, 5.74) is 0.483. The number of anilines is 1. The van der Waals surface area contributed by atoms with E-state index >= 15 is 0 Å². The van der Waals surface area contributed by atoms with Crippen LogP contribution in [-0.2, 0) is 10.0 Å². The molecule has 31 heavy (non-hydrogen) atoms. The Kier molecular flexibility index (Phi) is 6.50. The van der Waals surface area contributed by atoms with E-state index in [0.29, 0.717) is 24.7 Å². The van der Waals surface area contributed by atoms with Crippen molar-refractivity contribution in [2.75, 3.05) is 30.9 Å². The molecule has 9 heteroatoms. The van der Waals surface area contributed by atoms with Crippen LogP contribution < -0.4 is 4.72 Å². The highest BCUT2D eigenvalue weighted by Crippen LogP contribution is 2.28. The lowest BCUT2D eigenvalue weighted by Crippen LogP contribution is -2.51. The normalized spacial score (nSPS) is 18.3. The van der Waals surface area contributed by atoms with Crippen LogP contribution in [0.5, 0.6) is 0 Å². The molecule has 2 aromatic carbocycles. The van der Waals surface area contributed by atoms with Gasteiger partial charge >= 0.3 is 0 Å². The van der Waals surface area contributed by atoms with Gasteiger partial charge in [-0.05, 0) is 55.3 Å². The standard InChI is InChI=1S/C22H25ClFN3O3S/c23-20-10-5-16(15-21(20)25-31(29,30)19-8-6-17(24)7-9-19)22(28)27-13-11-26(12-14-27)18-3-1-2-4-18/h5-10,15,18,25H,1-4,11-14H2. The second-order valence-corrected chi connectivity index (χ2v) is 10.1. The van der Waals surface area contributed by atoms with Crippen LogP contribution in [0.1, 0.15) is 36.0 Å². The summed E-state index contributed by atoms with van der Waals surface area (Å²) < 4.78 is 40.8. The Morgan fingerprint density at radius 2 is 1.65 bits per heavy atom. The van der Waals surface area contributed by atoms with Crippen LogP contribution in [0.3, 0.4) is 0 Å². The minimum atomic E-state index is -3.97. The molecule has 0 spiro atoms. The number of benzene rings is 2. The first-order chi connectivity index (χ1) is 14.8. The maximum absolute atomic E-state index is 13.1. The first-order valence-electron chi connectivity index (χ1n) is 10.4. The number of halogens is 2. The fourth-order valence-electron chi connectivity index (χ4n) is 4.30. The van der Waals surface area contributed by atoms with Crippen molar-refractivity contribution in [3.8, 4) is 0 Å². The zero-order valence-corrected chi connectivity index (χ0v) is 18.6. The van der Waals surface area contributed by atoms with E-state index in [0.717, 1.165) is 25.2 Å². The molecule has 4 rings (SSSR count). The van der Waals surface area contributed by atoms with Crippen LogP contribution in [0.25, 0.3) is 0 Å². The molecule has 1 heterocycles. The maximum atomic E-state index is 13.1. The van der Waals surface area contributed by atoms with E-state index in [1.165, 1.54) is 49.9 Å². The van der Waals surface area contributed by atoms with Gasteiger partial charge in [-0.15, -0.1) is 0 Å². The topological polar surface area (TPSA) is 69.7 Å². The van der Waals surface area contributed by atoms with Gasteiger partial charge in [-0.1, -0.05) is 24.4 Å². The second kappa shape index (κ2) is 9.14. The van der Waals surface area contributed by atoms with Gasteiger partial charge in [0.25, 0.3) is 15.9 Å². The zero-order chi connectivity index (χ0) is 22.0. The SMILES string of the molecule is O=C(c1ccc(Cl)c(NS(=O)(=O)c2ccc(F)cc2)c1)N1CCN(C2CCCC2)CC1. The Hall–Kier alpha value is -2.16. The molecule has 166 valence electrons. The predicted molar refractivity (Wildman–Crippen MR) is 118 cm³/mol. The molecule has 0 atom stereocenters. The molecule has 6 nitrogen and oxygen atoms in total. The average molecular weight is 466 g/mol. The molecule has 0 unspecified atom stereocenters. The van der Waals surface area contributed by atoms with E-state index in [1.54, 1.807) is 11.0 Å². The molecule has 1 aliphatic heterocycles. The van der Waals surface area contributed by atoms with E-state index in [2.05, 4.69) is 9.62 Å². The first kappa shape index (κ1) is 22.0. The molecular weight excluding hydrogens is 441 g/mol. The van der Waals surface area contributed by atoms with Gasteiger partial charge in [0.15, 0.2) is 0 Å². The lowest BCUT2D eigenvalue weighted by Gasteiger charge is -2.38. The van der Waals surface area contributed by atoms with Crippen molar-refractivity contribution < 1.29 is 17.6 Å². The molecule has 2 aromatic rings. The summed E-state index contributed by atoms with van der Waals surface area (Å²) in [5, 5.41) is 0.174. The van der Waals surface area contributed by atoms with Gasteiger partial charge in [-0.2, -0.15) is 0 Å². The summed E-state index contributed by atoms with van der Waals surface area (Å²) in [7, 11) is -3.97. The first-order valence-corrected chi connectivity index (χ1v) is 12.3. The lowest BCUT2D eigenvalue weighted by molar-refractivity contribution is 0.0573. The molecule has 1 saturated carbocycles. The summed E-state index contributed by atoms with van der Waals surface area (Å²) in [6, 6.07) is 9.68. The van der Waals surface area contributed by atoms with Crippen LogP contribution in [0.15, 0.2) is 47.4 Å². The molecule has 1 amide bonds. The molecule has 1 saturated heterocycles. The van der Waals surface area contributed by atoms with E-state index < -0.39 is 15.8 Å². The number of piperazine rings is 1. The van der Waals surface area contributed by atoms with E-state index in [-0.39, 0.29) is 21.5 Å². The van der Waals surface area contributed by atoms with Crippen molar-refractivity contribution in [2.24, 2.45) is 0 Å². The monoisotopic (exact) mass is 465 g/mol. The average Bonchev–Trinajstić information content (AvgIpc) is 3.30. The van der Waals surface area contributed by atoms with E-state index in [9.17, 15) is 17.6 Å². The molecule has 1 aliphatic carbocycles. The Balaban J connectivity index is 1.46. The summed E-state index contributed by atoms with van der Waals surface area (Å²) in [4.78, 5) is 17.2. The predicted octanol–water partition coefficient (Wildman–Crippen LogP) is 3.98. The van der Waals surface area contributed by atoms with Crippen molar-refractivity contribution >= 4 is 33.2 Å². The molecule has 1 N–H and O–H groups in total. The fourth-order valence-corrected chi connectivity index (χ4v) is 5.59. The number of carbonyl (C=O) groups excluding carboxylic acids is 1. The minimum absolute atomic E-state index is 0.0928. The number of carbonyl (C=O) groups is 1. The summed E-state index contributed by atoms with van der Waals surface area (Å²) in [6.45, 7) is 3.01. The molecule has 0 bridgehead atoms. The van der Waals surface area contributed by atoms with Gasteiger partial charge in [0.05, 0.1) is 15.6 Å². The van der Waals surface area contributed by atoms with Gasteiger partial charge in [0.2, 0.25) is 0 Å². The highest BCUT2D eigenvalue weighted by atomic mass is 35.5. The third kappa shape index (κ3) is 5.02. The van der Waals surface area contributed by atoms with Gasteiger partial charge < -0.3 is 4.90 Å². The molecule has 0 aromatic heterocycles. The minimum Gasteiger partial charge on any atom is -0.336 e. The number of rotatable bonds is 5. The molecule has 2 aliphatic rings. The quantitative estimate of drug-likeness (QED) is 0.725. The highest BCUT2D eigenvalue weighted by Gasteiger charge is 2.28. The molecule has 2 fully saturated rings. The van der Waals surface area contributed by atoms with Crippen LogP contribution in [0.4, 0.5) is 10.1 Å². The van der Waals surface area contributed by atoms with Crippen molar-refractivity contribution in [1.82, 2.24) is 9.80 Å². The number of nitrogens with zero attached hydrogens (tertiary/aromatic N) is 2. The van der Waals surface area contributed by atoms with Crippen LogP contribution >= 0.6 is 11.6 Å². The molecule has 0 radical (unpaired) electrons. The number of sulfonamides is 1. The van der Waals surface area contributed by atoms with Crippen LogP contribution in [0, 0.1) is 5.82 Å². The summed E-state index contributed by atoms with van der Waals surface area (Å²) >= 11 is 6.18. The number of amides is 1. The number of nitrogens with one attached hydrogen (secondary N) is 1. The van der Waals surface area contributed by atoms with Crippen LogP contribution in [-0.4, -0.2) is 56.3 Å². The maximum Gasteiger partial charge on any atom is 0.261 e. The van der Waals surface area contributed by atoms with E-state index in [1.807, 2.05) is 0 Å². The molecular formula is C22H25ClFN3O3S. The second-order valence-electron chi connectivity index (χ2n) is 8.02. The fraction of sp³-hybridized carbons (Fsp3) is 0.409. The van der Waals surface area contributed by atoms with E-state index in [4.69, 9.17) is 11.6 Å². The number of hydrogen-bond acceptors (Lipinski definition) is 4. The Bertz CT molecular complexity index is 1050.